The second-order valence-electron chi connectivity index (χ2n) is 35.1. The Morgan fingerprint density at radius 3 is 1.25 bits per heavy atom. The minimum Gasteiger partial charge on any atom is -0.457 e. The molecule has 6 aromatic carbocycles. The smallest absolute Gasteiger partial charge is 0.262 e. The summed E-state index contributed by atoms with van der Waals surface area (Å²) in [6.07, 6.45) is 18.5. The number of aromatic nitrogens is 6. The molecule has 10 heterocycles. The second kappa shape index (κ2) is 43.8. The average Bonchev–Trinajstić information content (AvgIpc) is 1.63. The van der Waals surface area contributed by atoms with Crippen LogP contribution in [0.25, 0.3) is 44.3 Å². The number of aryl methyl sites for hydroxylation is 2. The average molecular weight is 1810 g/mol. The van der Waals surface area contributed by atoms with E-state index in [4.69, 9.17) is 49.9 Å². The van der Waals surface area contributed by atoms with E-state index in [1.165, 1.54) is 6.07 Å². The molecule has 6 aliphatic heterocycles. The lowest BCUT2D eigenvalue weighted by Gasteiger charge is -2.42. The molecule has 2 aliphatic carbocycles. The fourth-order valence-corrected chi connectivity index (χ4v) is 19.9. The van der Waals surface area contributed by atoms with E-state index < -0.39 is 47.5 Å². The van der Waals surface area contributed by atoms with Crippen molar-refractivity contribution in [3.05, 3.63) is 204 Å². The van der Waals surface area contributed by atoms with Gasteiger partial charge in [0.05, 0.1) is 85.9 Å². The fourth-order valence-electron chi connectivity index (χ4n) is 19.9. The van der Waals surface area contributed by atoms with Crippen molar-refractivity contribution < 1.29 is 71.6 Å². The van der Waals surface area contributed by atoms with Gasteiger partial charge in [0.2, 0.25) is 29.5 Å². The molecule has 696 valence electrons. The van der Waals surface area contributed by atoms with Gasteiger partial charge < -0.3 is 65.0 Å². The highest BCUT2D eigenvalue weighted by Crippen LogP contribution is 2.43. The third kappa shape index (κ3) is 22.0. The molecule has 8 N–H and O–H groups in total. The number of anilines is 2. The van der Waals surface area contributed by atoms with Gasteiger partial charge in [-0.05, 0) is 166 Å². The van der Waals surface area contributed by atoms with Gasteiger partial charge in [-0.3, -0.25) is 77.9 Å². The quantitative estimate of drug-likeness (QED) is 0.0157. The van der Waals surface area contributed by atoms with Gasteiger partial charge in [0.25, 0.3) is 23.6 Å². The topological polar surface area (TPSA) is 390 Å². The third-order valence-electron chi connectivity index (χ3n) is 26.9. The van der Waals surface area contributed by atoms with Gasteiger partial charge in [-0.1, -0.05) is 84.9 Å². The summed E-state index contributed by atoms with van der Waals surface area (Å²) in [6, 6.07) is 45.7. The summed E-state index contributed by atoms with van der Waals surface area (Å²) in [7, 11) is 0. The molecular weight excluding hydrogens is 1690 g/mol. The van der Waals surface area contributed by atoms with Crippen molar-refractivity contribution in [3.63, 3.8) is 0 Å². The van der Waals surface area contributed by atoms with Crippen LogP contribution in [0.4, 0.5) is 11.6 Å². The summed E-state index contributed by atoms with van der Waals surface area (Å²) in [5.74, 6) is 0.287. The van der Waals surface area contributed by atoms with Crippen LogP contribution in [0.15, 0.2) is 171 Å². The van der Waals surface area contributed by atoms with E-state index in [1.807, 2.05) is 84.9 Å². The molecule has 33 nitrogen and oxygen atoms in total. The van der Waals surface area contributed by atoms with Gasteiger partial charge in [0.1, 0.15) is 70.7 Å². The second-order valence-corrected chi connectivity index (χ2v) is 35.1. The van der Waals surface area contributed by atoms with E-state index >= 15 is 0 Å². The van der Waals surface area contributed by atoms with Gasteiger partial charge in [0, 0.05) is 152 Å². The number of piperazine rings is 2. The third-order valence-corrected chi connectivity index (χ3v) is 26.9. The van der Waals surface area contributed by atoms with Crippen molar-refractivity contribution >= 4 is 86.9 Å². The zero-order chi connectivity index (χ0) is 91.7. The molecule has 6 fully saturated rings. The Balaban J connectivity index is 0.000000186. The molecule has 8 aliphatic rings. The normalized spacial score (nSPS) is 20.3. The highest BCUT2D eigenvalue weighted by atomic mass is 16.5. The molecule has 33 heteroatoms. The van der Waals surface area contributed by atoms with E-state index in [0.29, 0.717) is 150 Å². The lowest BCUT2D eigenvalue weighted by Crippen LogP contribution is -2.54. The number of carbonyl (C=O) groups is 9. The summed E-state index contributed by atoms with van der Waals surface area (Å²) in [6.45, 7) is 15.0. The van der Waals surface area contributed by atoms with Gasteiger partial charge in [0.15, 0.2) is 0 Å². The molecule has 133 heavy (non-hydrogen) atoms. The summed E-state index contributed by atoms with van der Waals surface area (Å²) in [5, 5.41) is 12.5. The van der Waals surface area contributed by atoms with Gasteiger partial charge in [-0.25, -0.2) is 19.9 Å². The number of carbonyl (C=O) groups excluding carboxylic acids is 9. The highest BCUT2D eigenvalue weighted by molar-refractivity contribution is 6.25. The molecule has 4 saturated heterocycles. The molecule has 2 unspecified atom stereocenters. The van der Waals surface area contributed by atoms with Gasteiger partial charge in [-0.15, -0.1) is 0 Å². The monoisotopic (exact) mass is 1810 g/mol. The van der Waals surface area contributed by atoms with Crippen molar-refractivity contribution in [2.45, 2.75) is 139 Å². The molecule has 9 amide bonds. The Labute approximate surface area is 771 Å². The first-order chi connectivity index (χ1) is 65.0. The van der Waals surface area contributed by atoms with Crippen LogP contribution in [-0.4, -0.2) is 274 Å². The number of hydrogen-bond acceptors (Lipinski definition) is 25. The van der Waals surface area contributed by atoms with E-state index in [9.17, 15) is 43.2 Å². The van der Waals surface area contributed by atoms with Crippen molar-refractivity contribution in [3.8, 4) is 45.3 Å². The number of rotatable bonds is 36. The first-order valence-electron chi connectivity index (χ1n) is 46.8. The van der Waals surface area contributed by atoms with Crippen LogP contribution in [0.3, 0.4) is 0 Å². The lowest BCUT2D eigenvalue weighted by atomic mass is 9.89. The number of nitrogen functional groups attached to an aromatic ring is 2. The SMILES string of the molecule is Nc1ncnc2c1c(-c1ccc(Oc3ccccc3)cc1)cn2C1CCC(N2CCN(CCOCCNC(=O)CCc3cccc4c3C(=O)N(C3CCCNC3=O)C4=O)CC2)CC1.Nc1ncnc2c1c(-c1ccc(Oc3ccccc3)cc1)cn2C1CCC(N2CCN(CCOCCOCCOCCNC(=O)CCc3cccc4c3C(=O)N(C3CCC(=O)NC3=O)C4=O)CC2)CC1. The molecule has 2 saturated carbocycles. The zero-order valence-corrected chi connectivity index (χ0v) is 74.9. The number of amides is 9. The van der Waals surface area contributed by atoms with Gasteiger partial charge >= 0.3 is 0 Å². The number of fused-ring (bicyclic) bond motifs is 4. The zero-order valence-electron chi connectivity index (χ0n) is 74.9. The Bertz CT molecular complexity index is 5790. The molecular formula is C100H116N18O15. The minimum atomic E-state index is -1.04. The lowest BCUT2D eigenvalue weighted by molar-refractivity contribution is -0.136. The molecule has 2 atom stereocenters. The summed E-state index contributed by atoms with van der Waals surface area (Å²) < 4.78 is 39.8. The van der Waals surface area contributed by atoms with Crippen LogP contribution in [0.2, 0.25) is 0 Å². The predicted molar refractivity (Wildman–Crippen MR) is 498 cm³/mol. The molecule has 0 radical (unpaired) electrons. The summed E-state index contributed by atoms with van der Waals surface area (Å²) in [5.41, 5.74) is 21.1. The maximum Gasteiger partial charge on any atom is 0.262 e. The van der Waals surface area contributed by atoms with E-state index in [1.54, 1.807) is 43.0 Å². The molecule has 10 aromatic rings. The molecule has 0 bridgehead atoms. The number of piperidine rings is 2. The van der Waals surface area contributed by atoms with Crippen LogP contribution < -0.4 is 42.2 Å². The van der Waals surface area contributed by atoms with E-state index in [0.717, 1.165) is 194 Å². The van der Waals surface area contributed by atoms with Crippen LogP contribution in [0.5, 0.6) is 23.0 Å². The van der Waals surface area contributed by atoms with Crippen molar-refractivity contribution in [2.75, 3.05) is 149 Å². The molecule has 4 aromatic heterocycles. The molecule has 18 rings (SSSR count). The standard InChI is InChI=1S/C52H61N9O9.C48H55N9O6/c53-48-47-42(35-9-16-40(17-10-35)70-39-6-2-1-3-7-39)33-60(49(47)56-34-55-48)38-14-12-37(13-15-38)59-24-22-58(23-25-59)26-28-68-30-32-69-31-29-67-27-21-54-44(62)19-11-36-5-4-8-41-46(36)52(66)61(51(41)65)43-18-20-45(63)57-50(43)64;49-44-43-39(32-11-18-37(19-12-32)63-36-7-2-1-3-8-36)30-56(45(43)53-31-52-44)35-16-14-34(15-17-35)55-25-23-54(24-26-55)27-29-62-28-22-50-41(58)20-13-33-6-4-9-38-42(33)48(61)57(47(38)60)40-10-5-21-51-46(40)59/h1-10,16-17,33-34,37-38,43H,11-15,18-32H2,(H,54,62)(H2,53,55,56)(H,57,63,64);1-4,6-9,11-12,18-19,30-31,34-35,40H,5,10,13-17,20-29H2,(H,50,58)(H,51,59)(H2,49,52,53). The van der Waals surface area contributed by atoms with Crippen LogP contribution in [-0.2, 0) is 55.8 Å². The Kier molecular flexibility index (Phi) is 30.3. The van der Waals surface area contributed by atoms with Crippen LogP contribution in [0, 0.1) is 0 Å². The predicted octanol–water partition coefficient (Wildman–Crippen LogP) is 9.99. The first-order valence-corrected chi connectivity index (χ1v) is 46.8. The number of nitrogens with zero attached hydrogens (tertiary/aromatic N) is 12. The van der Waals surface area contributed by atoms with E-state index in [-0.39, 0.29) is 61.0 Å². The fraction of sp³-hybridized carbons (Fsp3) is 0.430. The Morgan fingerprint density at radius 1 is 0.406 bits per heavy atom. The number of imide groups is 3. The Morgan fingerprint density at radius 2 is 0.812 bits per heavy atom. The number of benzene rings is 6. The van der Waals surface area contributed by atoms with Gasteiger partial charge in [-0.2, -0.15) is 0 Å². The van der Waals surface area contributed by atoms with Crippen molar-refractivity contribution in [2.24, 2.45) is 0 Å². The van der Waals surface area contributed by atoms with Crippen molar-refractivity contribution in [1.82, 2.24) is 79.7 Å². The van der Waals surface area contributed by atoms with Crippen molar-refractivity contribution in [1.29, 1.82) is 0 Å². The number of nitrogens with one attached hydrogen (secondary N) is 4. The maximum absolute atomic E-state index is 13.4. The number of hydrogen-bond donors (Lipinski definition) is 6. The maximum atomic E-state index is 13.4. The number of ether oxygens (including phenoxy) is 6. The Hall–Kier alpha value is -12.7. The molecule has 0 spiro atoms. The van der Waals surface area contributed by atoms with Crippen LogP contribution in [0.1, 0.15) is 155 Å². The highest BCUT2D eigenvalue weighted by Gasteiger charge is 2.47. The van der Waals surface area contributed by atoms with Crippen LogP contribution >= 0.6 is 0 Å². The largest absolute Gasteiger partial charge is 0.457 e. The minimum absolute atomic E-state index is 0.0453. The summed E-state index contributed by atoms with van der Waals surface area (Å²) in [4.78, 5) is 145. The number of para-hydroxylation sites is 2. The number of nitrogens with two attached hydrogens (primary N) is 2. The first kappa shape index (κ1) is 92.1. The summed E-state index contributed by atoms with van der Waals surface area (Å²) >= 11 is 0. The van der Waals surface area contributed by atoms with E-state index in [2.05, 4.69) is 96.6 Å².